The van der Waals surface area contributed by atoms with Gasteiger partial charge in [-0.15, -0.1) is 0 Å². The molecular formula is C20H29ClN2O3. The van der Waals surface area contributed by atoms with Crippen LogP contribution < -0.4 is 9.47 Å². The minimum absolute atomic E-state index is 0.446. The van der Waals surface area contributed by atoms with Gasteiger partial charge >= 0.3 is 0 Å². The van der Waals surface area contributed by atoms with Crippen molar-refractivity contribution >= 4 is 11.6 Å². The van der Waals surface area contributed by atoms with Gasteiger partial charge in [-0.05, 0) is 50.0 Å². The second kappa shape index (κ2) is 8.79. The van der Waals surface area contributed by atoms with E-state index >= 15 is 0 Å². The average Bonchev–Trinajstić information content (AvgIpc) is 2.88. The van der Waals surface area contributed by atoms with E-state index in [1.807, 2.05) is 6.07 Å². The fourth-order valence-electron chi connectivity index (χ4n) is 4.08. The lowest BCUT2D eigenvalue weighted by Gasteiger charge is -2.24. The van der Waals surface area contributed by atoms with Crippen molar-refractivity contribution in [1.82, 2.24) is 9.80 Å². The van der Waals surface area contributed by atoms with Crippen LogP contribution in [0.4, 0.5) is 0 Å². The van der Waals surface area contributed by atoms with Crippen LogP contribution in [0.2, 0.25) is 5.02 Å². The summed E-state index contributed by atoms with van der Waals surface area (Å²) in [5.74, 6) is 1.49. The zero-order valence-corrected chi connectivity index (χ0v) is 16.2. The van der Waals surface area contributed by atoms with Crippen LogP contribution in [0.5, 0.6) is 11.5 Å². The van der Waals surface area contributed by atoms with Gasteiger partial charge in [0.2, 0.25) is 0 Å². The molecule has 3 aliphatic rings. The molecule has 26 heavy (non-hydrogen) atoms. The molecule has 0 N–H and O–H groups in total. The molecule has 1 aromatic rings. The van der Waals surface area contributed by atoms with Gasteiger partial charge in [0.25, 0.3) is 0 Å². The van der Waals surface area contributed by atoms with Crippen LogP contribution >= 0.6 is 11.6 Å². The largest absolute Gasteiger partial charge is 0.489 e. The average molecular weight is 381 g/mol. The number of rotatable bonds is 4. The predicted molar refractivity (Wildman–Crippen MR) is 102 cm³/mol. The predicted octanol–water partition coefficient (Wildman–Crippen LogP) is 3.19. The maximum Gasteiger partial charge on any atom is 0.179 e. The SMILES string of the molecule is Clc1cc(CN2CCCN(C[C@@H]3CCCO3)CC2)cc2c1OCCCO2. The Balaban J connectivity index is 1.35. The summed E-state index contributed by atoms with van der Waals surface area (Å²) in [6.07, 6.45) is 4.98. The van der Waals surface area contributed by atoms with Gasteiger partial charge in [0, 0.05) is 39.2 Å². The lowest BCUT2D eigenvalue weighted by molar-refractivity contribution is 0.0742. The topological polar surface area (TPSA) is 34.2 Å². The summed E-state index contributed by atoms with van der Waals surface area (Å²) < 4.78 is 17.4. The van der Waals surface area contributed by atoms with Gasteiger partial charge in [-0.1, -0.05) is 11.6 Å². The summed E-state index contributed by atoms with van der Waals surface area (Å²) in [6, 6.07) is 4.13. The molecule has 0 bridgehead atoms. The number of benzene rings is 1. The Labute approximate surface area is 161 Å². The number of hydrogen-bond acceptors (Lipinski definition) is 5. The third-order valence-electron chi connectivity index (χ3n) is 5.44. The highest BCUT2D eigenvalue weighted by Gasteiger charge is 2.22. The molecule has 0 aromatic heterocycles. The Kier molecular flexibility index (Phi) is 6.20. The summed E-state index contributed by atoms with van der Waals surface area (Å²) >= 11 is 6.44. The summed E-state index contributed by atoms with van der Waals surface area (Å²) in [5, 5.41) is 0.661. The van der Waals surface area contributed by atoms with Crippen LogP contribution in [-0.2, 0) is 11.3 Å². The van der Waals surface area contributed by atoms with Gasteiger partial charge < -0.3 is 14.2 Å². The van der Waals surface area contributed by atoms with E-state index in [2.05, 4.69) is 15.9 Å². The zero-order chi connectivity index (χ0) is 17.8. The minimum Gasteiger partial charge on any atom is -0.489 e. The Hall–Kier alpha value is -1.01. The van der Waals surface area contributed by atoms with E-state index in [-0.39, 0.29) is 0 Å². The summed E-state index contributed by atoms with van der Waals surface area (Å²) in [5.41, 5.74) is 1.20. The van der Waals surface area contributed by atoms with Crippen LogP contribution in [-0.4, -0.2) is 68.4 Å². The van der Waals surface area contributed by atoms with E-state index in [0.717, 1.165) is 58.0 Å². The Morgan fingerprint density at radius 3 is 2.65 bits per heavy atom. The molecule has 6 heteroatoms. The molecule has 3 aliphatic heterocycles. The third kappa shape index (κ3) is 4.63. The van der Waals surface area contributed by atoms with Crippen LogP contribution in [0.3, 0.4) is 0 Å². The number of halogens is 1. The van der Waals surface area contributed by atoms with Gasteiger partial charge in [0.05, 0.1) is 24.3 Å². The van der Waals surface area contributed by atoms with E-state index in [1.54, 1.807) is 0 Å². The second-order valence-corrected chi connectivity index (χ2v) is 7.93. The fraction of sp³-hybridized carbons (Fsp3) is 0.700. The molecule has 1 atom stereocenters. The van der Waals surface area contributed by atoms with E-state index in [1.165, 1.54) is 24.8 Å². The normalized spacial score (nSPS) is 25.0. The van der Waals surface area contributed by atoms with Crippen molar-refractivity contribution in [2.45, 2.75) is 38.3 Å². The number of fused-ring (bicyclic) bond motifs is 1. The van der Waals surface area contributed by atoms with Crippen molar-refractivity contribution < 1.29 is 14.2 Å². The molecule has 0 unspecified atom stereocenters. The Morgan fingerprint density at radius 1 is 0.923 bits per heavy atom. The molecule has 1 aromatic carbocycles. The van der Waals surface area contributed by atoms with Crippen molar-refractivity contribution in [3.05, 3.63) is 22.7 Å². The van der Waals surface area contributed by atoms with Crippen molar-refractivity contribution in [2.75, 3.05) is 52.5 Å². The first-order valence-electron chi connectivity index (χ1n) is 9.92. The smallest absolute Gasteiger partial charge is 0.179 e. The monoisotopic (exact) mass is 380 g/mol. The van der Waals surface area contributed by atoms with Gasteiger partial charge in [0.1, 0.15) is 0 Å². The molecule has 4 rings (SSSR count). The molecular weight excluding hydrogens is 352 g/mol. The maximum absolute atomic E-state index is 6.44. The van der Waals surface area contributed by atoms with Gasteiger partial charge in [-0.2, -0.15) is 0 Å². The summed E-state index contributed by atoms with van der Waals surface area (Å²) in [7, 11) is 0. The van der Waals surface area contributed by atoms with Crippen LogP contribution in [0.15, 0.2) is 12.1 Å². The molecule has 2 saturated heterocycles. The standard InChI is InChI=1S/C20H29ClN2O3/c21-18-12-16(13-19-20(18)26-11-3-10-25-19)14-22-5-2-6-23(8-7-22)15-17-4-1-9-24-17/h12-13,17H,1-11,14-15H2/t17-/m0/s1. The molecule has 0 amide bonds. The second-order valence-electron chi connectivity index (χ2n) is 7.52. The van der Waals surface area contributed by atoms with Crippen LogP contribution in [0.25, 0.3) is 0 Å². The van der Waals surface area contributed by atoms with Crippen LogP contribution in [0.1, 0.15) is 31.2 Å². The van der Waals surface area contributed by atoms with Crippen molar-refractivity contribution in [1.29, 1.82) is 0 Å². The summed E-state index contributed by atoms with van der Waals surface area (Å²) in [4.78, 5) is 5.09. The van der Waals surface area contributed by atoms with Crippen molar-refractivity contribution in [2.24, 2.45) is 0 Å². The first-order chi connectivity index (χ1) is 12.8. The Bertz CT molecular complexity index is 607. The lowest BCUT2D eigenvalue weighted by atomic mass is 10.2. The molecule has 2 fully saturated rings. The highest BCUT2D eigenvalue weighted by atomic mass is 35.5. The quantitative estimate of drug-likeness (QED) is 0.801. The third-order valence-corrected chi connectivity index (χ3v) is 5.72. The number of nitrogens with zero attached hydrogens (tertiary/aromatic N) is 2. The molecule has 0 spiro atoms. The first kappa shape index (κ1) is 18.4. The van der Waals surface area contributed by atoms with E-state index in [4.69, 9.17) is 25.8 Å². The molecule has 3 heterocycles. The van der Waals surface area contributed by atoms with Crippen molar-refractivity contribution in [3.63, 3.8) is 0 Å². The molecule has 0 radical (unpaired) electrons. The van der Waals surface area contributed by atoms with Gasteiger partial charge in [0.15, 0.2) is 11.5 Å². The van der Waals surface area contributed by atoms with Crippen LogP contribution in [0, 0.1) is 0 Å². The van der Waals surface area contributed by atoms with E-state index in [0.29, 0.717) is 30.1 Å². The summed E-state index contributed by atoms with van der Waals surface area (Å²) in [6.45, 7) is 8.76. The fourth-order valence-corrected chi connectivity index (χ4v) is 4.36. The molecule has 144 valence electrons. The highest BCUT2D eigenvalue weighted by Crippen LogP contribution is 2.38. The Morgan fingerprint density at radius 2 is 1.77 bits per heavy atom. The van der Waals surface area contributed by atoms with E-state index < -0.39 is 0 Å². The van der Waals surface area contributed by atoms with Gasteiger partial charge in [-0.25, -0.2) is 0 Å². The minimum atomic E-state index is 0.446. The van der Waals surface area contributed by atoms with Gasteiger partial charge in [-0.3, -0.25) is 9.80 Å². The molecule has 5 nitrogen and oxygen atoms in total. The highest BCUT2D eigenvalue weighted by molar-refractivity contribution is 6.32. The lowest BCUT2D eigenvalue weighted by Crippen LogP contribution is -2.35. The zero-order valence-electron chi connectivity index (χ0n) is 15.4. The molecule has 0 aliphatic carbocycles. The number of ether oxygens (including phenoxy) is 3. The first-order valence-corrected chi connectivity index (χ1v) is 10.3. The van der Waals surface area contributed by atoms with Crippen molar-refractivity contribution in [3.8, 4) is 11.5 Å². The van der Waals surface area contributed by atoms with E-state index in [9.17, 15) is 0 Å². The maximum atomic E-state index is 6.44. The number of hydrogen-bond donors (Lipinski definition) is 0. The molecule has 0 saturated carbocycles.